The molecule has 0 atom stereocenters. The number of nitrogens with zero attached hydrogens (tertiary/aromatic N) is 2. The van der Waals surface area contributed by atoms with E-state index in [9.17, 15) is 0 Å². The maximum atomic E-state index is 5.58. The second-order valence-corrected chi connectivity index (χ2v) is 19.6. The van der Waals surface area contributed by atoms with Crippen LogP contribution in [0, 0.1) is 0 Å². The minimum absolute atomic E-state index is 0.401. The highest BCUT2D eigenvalue weighted by atomic mass is 32.1. The van der Waals surface area contributed by atoms with Gasteiger partial charge in [-0.2, -0.15) is 0 Å². The Morgan fingerprint density at radius 1 is 0.348 bits per heavy atom. The number of pyridine rings is 1. The molecule has 0 amide bonds. The van der Waals surface area contributed by atoms with Gasteiger partial charge in [0.1, 0.15) is 0 Å². The molecule has 1 aliphatic rings. The fourth-order valence-corrected chi connectivity index (χ4v) is 13.1. The van der Waals surface area contributed by atoms with Gasteiger partial charge >= 0.3 is 0 Å². The lowest BCUT2D eigenvalue weighted by atomic mass is 9.67. The monoisotopic (exact) mass is 892 g/mol. The summed E-state index contributed by atoms with van der Waals surface area (Å²) in [6, 6.07) is 89.8. The lowest BCUT2D eigenvalue weighted by molar-refractivity contribution is 0.768. The van der Waals surface area contributed by atoms with Crippen molar-refractivity contribution in [3.8, 4) is 44.6 Å². The molecule has 3 heteroatoms. The molecule has 2 nitrogen and oxygen atoms in total. The summed E-state index contributed by atoms with van der Waals surface area (Å²) >= 11 is 1.86. The second-order valence-electron chi connectivity index (χ2n) is 18.6. The molecule has 0 spiro atoms. The topological polar surface area (TPSA) is 17.3 Å². The summed E-state index contributed by atoms with van der Waals surface area (Å²) in [5, 5.41) is 9.91. The second kappa shape index (κ2) is 14.7. The van der Waals surface area contributed by atoms with Crippen molar-refractivity contribution >= 4 is 80.5 Å². The number of hydrogen-bond donors (Lipinski definition) is 0. The Morgan fingerprint density at radius 3 is 1.67 bits per heavy atom. The van der Waals surface area contributed by atoms with Crippen LogP contribution in [0.5, 0.6) is 0 Å². The number of benzene rings is 11. The molecule has 0 fully saturated rings. The van der Waals surface area contributed by atoms with Gasteiger partial charge in [-0.25, -0.2) is 4.98 Å². The first-order valence-electron chi connectivity index (χ1n) is 23.8. The zero-order valence-electron chi connectivity index (χ0n) is 37.4. The Bertz CT molecular complexity index is 4350. The smallest absolute Gasteiger partial charge is 0.156 e. The molecule has 14 aromatic rings. The third-order valence-electron chi connectivity index (χ3n) is 15.0. The Hall–Kier alpha value is -8.63. The summed E-state index contributed by atoms with van der Waals surface area (Å²) in [5.41, 5.74) is 17.6. The zero-order chi connectivity index (χ0) is 45.2. The number of rotatable bonds is 5. The third kappa shape index (κ3) is 5.57. The first kappa shape index (κ1) is 38.5. The van der Waals surface area contributed by atoms with Crippen LogP contribution in [0.25, 0.3) is 114 Å². The van der Waals surface area contributed by atoms with Crippen molar-refractivity contribution in [2.45, 2.75) is 5.41 Å². The van der Waals surface area contributed by atoms with Gasteiger partial charge in [0.25, 0.3) is 0 Å². The average Bonchev–Trinajstić information content (AvgIpc) is 4.10. The first-order chi connectivity index (χ1) is 34.2. The number of fused-ring (bicyclic) bond motifs is 15. The van der Waals surface area contributed by atoms with Crippen LogP contribution in [-0.4, -0.2) is 9.38 Å². The molecule has 0 unspecified atom stereocenters. The fourth-order valence-electron chi connectivity index (χ4n) is 11.8. The van der Waals surface area contributed by atoms with E-state index < -0.39 is 5.41 Å². The van der Waals surface area contributed by atoms with E-state index in [-0.39, 0.29) is 0 Å². The van der Waals surface area contributed by atoms with E-state index in [1.54, 1.807) is 0 Å². The van der Waals surface area contributed by atoms with Gasteiger partial charge in [-0.3, -0.25) is 4.40 Å². The maximum absolute atomic E-state index is 5.58. The van der Waals surface area contributed by atoms with Gasteiger partial charge in [0, 0.05) is 20.9 Å². The Morgan fingerprint density at radius 2 is 0.928 bits per heavy atom. The van der Waals surface area contributed by atoms with Gasteiger partial charge in [0.2, 0.25) is 0 Å². The molecule has 15 rings (SSSR count). The van der Waals surface area contributed by atoms with Crippen molar-refractivity contribution in [1.29, 1.82) is 0 Å². The first-order valence-corrected chi connectivity index (χ1v) is 24.6. The van der Waals surface area contributed by atoms with Crippen molar-refractivity contribution in [2.75, 3.05) is 0 Å². The normalized spacial score (nSPS) is 13.0. The van der Waals surface area contributed by atoms with Crippen molar-refractivity contribution in [1.82, 2.24) is 9.38 Å². The lowest BCUT2D eigenvalue weighted by Crippen LogP contribution is -2.28. The standard InChI is InChI=1S/C66H40N2S/c1-3-16-50(17-4-1)66(51-18-5-2-6-19-51)58-22-12-11-21-53(58)56-39-48(32-35-59(56)66)43-25-23-41(24-26-43)42-27-29-45(30-28-42)61-40-57-54-34-31-44-13-9-10-20-52(44)63(54)69-64(57)65-67-62-55-38-47-15-8-7-14-46(47)37-49(55)33-36-60(62)68(61)65/h1-40H. The van der Waals surface area contributed by atoms with Crippen LogP contribution < -0.4 is 0 Å². The molecular formula is C66H40N2S. The largest absolute Gasteiger partial charge is 0.291 e. The predicted molar refractivity (Wildman–Crippen MR) is 292 cm³/mol. The van der Waals surface area contributed by atoms with Crippen LogP contribution in [0.1, 0.15) is 22.3 Å². The van der Waals surface area contributed by atoms with Gasteiger partial charge < -0.3 is 0 Å². The predicted octanol–water partition coefficient (Wildman–Crippen LogP) is 17.7. The minimum atomic E-state index is -0.401. The van der Waals surface area contributed by atoms with Gasteiger partial charge in [-0.05, 0) is 118 Å². The summed E-state index contributed by atoms with van der Waals surface area (Å²) in [6.45, 7) is 0. The average molecular weight is 893 g/mol. The molecule has 0 bridgehead atoms. The highest BCUT2D eigenvalue weighted by molar-refractivity contribution is 7.27. The number of thiophene rings is 1. The highest BCUT2D eigenvalue weighted by Crippen LogP contribution is 2.56. The Labute approximate surface area is 402 Å². The molecule has 0 aliphatic heterocycles. The minimum Gasteiger partial charge on any atom is -0.291 e. The zero-order valence-corrected chi connectivity index (χ0v) is 38.2. The number of aromatic nitrogens is 2. The molecule has 0 radical (unpaired) electrons. The lowest BCUT2D eigenvalue weighted by Gasteiger charge is -2.33. The van der Waals surface area contributed by atoms with Gasteiger partial charge in [0.05, 0.1) is 26.8 Å². The summed E-state index contributed by atoms with van der Waals surface area (Å²) in [7, 11) is 0. The Kier molecular flexibility index (Phi) is 8.19. The Balaban J connectivity index is 0.838. The molecule has 3 aromatic heterocycles. The molecule has 11 aromatic carbocycles. The van der Waals surface area contributed by atoms with E-state index in [4.69, 9.17) is 4.98 Å². The molecule has 69 heavy (non-hydrogen) atoms. The van der Waals surface area contributed by atoms with Crippen molar-refractivity contribution in [3.63, 3.8) is 0 Å². The third-order valence-corrected chi connectivity index (χ3v) is 16.3. The van der Waals surface area contributed by atoms with Crippen LogP contribution in [-0.2, 0) is 5.41 Å². The van der Waals surface area contributed by atoms with Crippen LogP contribution >= 0.6 is 11.3 Å². The van der Waals surface area contributed by atoms with Crippen LogP contribution in [0.15, 0.2) is 243 Å². The van der Waals surface area contributed by atoms with Gasteiger partial charge in [-0.1, -0.05) is 212 Å². The maximum Gasteiger partial charge on any atom is 0.156 e. The van der Waals surface area contributed by atoms with Crippen LogP contribution in [0.2, 0.25) is 0 Å². The molecule has 0 saturated heterocycles. The van der Waals surface area contributed by atoms with Crippen molar-refractivity contribution in [2.24, 2.45) is 0 Å². The van der Waals surface area contributed by atoms with E-state index in [2.05, 4.69) is 247 Å². The van der Waals surface area contributed by atoms with E-state index in [1.807, 2.05) is 11.3 Å². The van der Waals surface area contributed by atoms with E-state index in [0.29, 0.717) is 0 Å². The summed E-state index contributed by atoms with van der Waals surface area (Å²) < 4.78 is 4.93. The van der Waals surface area contributed by atoms with Gasteiger partial charge in [-0.15, -0.1) is 11.3 Å². The molecule has 0 saturated carbocycles. The highest BCUT2D eigenvalue weighted by Gasteiger charge is 2.46. The number of imidazole rings is 1. The van der Waals surface area contributed by atoms with Gasteiger partial charge in [0.15, 0.2) is 5.65 Å². The fraction of sp³-hybridized carbons (Fsp3) is 0.0152. The van der Waals surface area contributed by atoms with Crippen LogP contribution in [0.3, 0.4) is 0 Å². The molecule has 320 valence electrons. The molecular weight excluding hydrogens is 853 g/mol. The molecule has 3 heterocycles. The molecule has 0 N–H and O–H groups in total. The van der Waals surface area contributed by atoms with Crippen molar-refractivity contribution < 1.29 is 0 Å². The van der Waals surface area contributed by atoms with E-state index >= 15 is 0 Å². The summed E-state index contributed by atoms with van der Waals surface area (Å²) in [5.74, 6) is 0. The van der Waals surface area contributed by atoms with E-state index in [0.717, 1.165) is 27.9 Å². The summed E-state index contributed by atoms with van der Waals surface area (Å²) in [4.78, 5) is 5.58. The van der Waals surface area contributed by atoms with Crippen LogP contribution in [0.4, 0.5) is 0 Å². The number of hydrogen-bond acceptors (Lipinski definition) is 2. The SMILES string of the molecule is c1ccc(C2(c3ccccc3)c3ccccc3-c3cc(-c4ccc(-c5ccc(-c6cc7c8ccc9ccccc9c8sc7c7nc8c9cc%10ccccc%10cc9ccc8n67)cc5)cc4)ccc32)cc1. The van der Waals surface area contributed by atoms with E-state index in [1.165, 1.54) is 108 Å². The molecule has 1 aliphatic carbocycles. The van der Waals surface area contributed by atoms with Crippen molar-refractivity contribution in [3.05, 3.63) is 265 Å². The quantitative estimate of drug-likeness (QED) is 0.157. The summed E-state index contributed by atoms with van der Waals surface area (Å²) in [6.07, 6.45) is 0.